The highest BCUT2D eigenvalue weighted by molar-refractivity contribution is 9.08. The number of aromatic amines is 1. The third kappa shape index (κ3) is 1.32. The van der Waals surface area contributed by atoms with E-state index in [9.17, 15) is 10.1 Å². The zero-order valence-electron chi connectivity index (χ0n) is 4.87. The number of hydrogen-bond donors (Lipinski definition) is 1. The molecular weight excluding hydrogens is 202 g/mol. The highest BCUT2D eigenvalue weighted by Crippen LogP contribution is 2.09. The van der Waals surface area contributed by atoms with Crippen LogP contribution in [0.15, 0.2) is 6.07 Å². The largest absolute Gasteiger partial charge is 0.358 e. The van der Waals surface area contributed by atoms with E-state index in [1.54, 1.807) is 0 Å². The first-order valence-electron chi connectivity index (χ1n) is 2.48. The van der Waals surface area contributed by atoms with E-state index in [1.807, 2.05) is 0 Å². The van der Waals surface area contributed by atoms with E-state index in [1.165, 1.54) is 6.07 Å². The molecular formula is C4H4BrN3O2. The minimum absolute atomic E-state index is 0.0746. The van der Waals surface area contributed by atoms with Gasteiger partial charge in [-0.05, 0) is 4.92 Å². The van der Waals surface area contributed by atoms with Gasteiger partial charge in [0.2, 0.25) is 0 Å². The SMILES string of the molecule is O=[N+]([O-])c1cc(CBr)n[nH]1. The van der Waals surface area contributed by atoms with Crippen molar-refractivity contribution < 1.29 is 4.92 Å². The van der Waals surface area contributed by atoms with Crippen molar-refractivity contribution in [1.82, 2.24) is 10.2 Å². The third-order valence-corrected chi connectivity index (χ3v) is 1.53. The van der Waals surface area contributed by atoms with Gasteiger partial charge in [0.1, 0.15) is 5.69 Å². The highest BCUT2D eigenvalue weighted by Gasteiger charge is 2.07. The van der Waals surface area contributed by atoms with Crippen molar-refractivity contribution in [2.24, 2.45) is 0 Å². The number of rotatable bonds is 2. The van der Waals surface area contributed by atoms with Gasteiger partial charge in [-0.1, -0.05) is 21.0 Å². The second-order valence-electron chi connectivity index (χ2n) is 1.64. The lowest BCUT2D eigenvalue weighted by Crippen LogP contribution is -1.86. The summed E-state index contributed by atoms with van der Waals surface area (Å²) in [4.78, 5) is 9.53. The maximum Gasteiger partial charge on any atom is 0.342 e. The van der Waals surface area contributed by atoms with Gasteiger partial charge in [-0.2, -0.15) is 0 Å². The van der Waals surface area contributed by atoms with Crippen LogP contribution >= 0.6 is 15.9 Å². The minimum atomic E-state index is -0.515. The molecule has 1 aromatic heterocycles. The highest BCUT2D eigenvalue weighted by atomic mass is 79.9. The molecule has 1 N–H and O–H groups in total. The van der Waals surface area contributed by atoms with Gasteiger partial charge in [-0.25, -0.2) is 0 Å². The Morgan fingerprint density at radius 2 is 2.60 bits per heavy atom. The first-order chi connectivity index (χ1) is 4.74. The number of halogens is 1. The first-order valence-corrected chi connectivity index (χ1v) is 3.61. The molecule has 1 heterocycles. The topological polar surface area (TPSA) is 71.8 Å². The molecule has 10 heavy (non-hydrogen) atoms. The van der Waals surface area contributed by atoms with Gasteiger partial charge in [0.05, 0.1) is 6.07 Å². The maximum atomic E-state index is 10.0. The number of alkyl halides is 1. The molecule has 0 unspecified atom stereocenters. The Morgan fingerprint density at radius 1 is 1.90 bits per heavy atom. The number of nitrogens with zero attached hydrogens (tertiary/aromatic N) is 2. The van der Waals surface area contributed by atoms with Crippen molar-refractivity contribution in [2.45, 2.75) is 5.33 Å². The second kappa shape index (κ2) is 2.78. The lowest BCUT2D eigenvalue weighted by atomic mass is 10.5. The fraction of sp³-hybridized carbons (Fsp3) is 0.250. The fourth-order valence-corrected chi connectivity index (χ4v) is 0.801. The molecule has 0 amide bonds. The molecule has 0 aliphatic carbocycles. The lowest BCUT2D eigenvalue weighted by Gasteiger charge is -1.83. The van der Waals surface area contributed by atoms with Gasteiger partial charge in [-0.15, -0.1) is 5.10 Å². The molecule has 0 spiro atoms. The van der Waals surface area contributed by atoms with Crippen molar-refractivity contribution >= 4 is 21.7 Å². The van der Waals surface area contributed by atoms with Crippen LogP contribution in [0.5, 0.6) is 0 Å². The average Bonchev–Trinajstić information content (AvgIpc) is 2.34. The smallest absolute Gasteiger partial charge is 0.342 e. The predicted octanol–water partition coefficient (Wildman–Crippen LogP) is 1.21. The second-order valence-corrected chi connectivity index (χ2v) is 2.20. The van der Waals surface area contributed by atoms with Crippen LogP contribution in [0.3, 0.4) is 0 Å². The predicted molar refractivity (Wildman–Crippen MR) is 37.9 cm³/mol. The molecule has 6 heteroatoms. The molecule has 1 aromatic rings. The Bertz CT molecular complexity index is 246. The van der Waals surface area contributed by atoms with Gasteiger partial charge in [0.15, 0.2) is 0 Å². The van der Waals surface area contributed by atoms with E-state index < -0.39 is 4.92 Å². The number of H-pyrrole nitrogens is 1. The van der Waals surface area contributed by atoms with Gasteiger partial charge >= 0.3 is 5.82 Å². The Hall–Kier alpha value is -0.910. The average molecular weight is 206 g/mol. The van der Waals surface area contributed by atoms with E-state index in [-0.39, 0.29) is 5.82 Å². The monoisotopic (exact) mass is 205 g/mol. The quantitative estimate of drug-likeness (QED) is 0.449. The molecule has 0 aliphatic heterocycles. The fourth-order valence-electron chi connectivity index (χ4n) is 0.513. The Kier molecular flexibility index (Phi) is 2.00. The maximum absolute atomic E-state index is 10.0. The summed E-state index contributed by atoms with van der Waals surface area (Å²) in [7, 11) is 0. The van der Waals surface area contributed by atoms with Crippen LogP contribution < -0.4 is 0 Å². The molecule has 1 rings (SSSR count). The standard InChI is InChI=1S/C4H4BrN3O2/c5-2-3-1-4(7-6-3)8(9)10/h1H,2H2,(H,6,7). The van der Waals surface area contributed by atoms with Gasteiger partial charge < -0.3 is 10.1 Å². The lowest BCUT2D eigenvalue weighted by molar-refractivity contribution is -0.389. The Morgan fingerprint density at radius 3 is 2.90 bits per heavy atom. The molecule has 0 saturated carbocycles. The van der Waals surface area contributed by atoms with E-state index in [2.05, 4.69) is 26.1 Å². The van der Waals surface area contributed by atoms with Crippen LogP contribution in [0.25, 0.3) is 0 Å². The number of aromatic nitrogens is 2. The first kappa shape index (κ1) is 7.20. The zero-order valence-corrected chi connectivity index (χ0v) is 6.46. The molecule has 0 bridgehead atoms. The van der Waals surface area contributed by atoms with E-state index in [4.69, 9.17) is 0 Å². The zero-order chi connectivity index (χ0) is 7.56. The third-order valence-electron chi connectivity index (χ3n) is 0.951. The van der Waals surface area contributed by atoms with E-state index >= 15 is 0 Å². The van der Waals surface area contributed by atoms with E-state index in [0.717, 1.165) is 0 Å². The molecule has 0 fully saturated rings. The van der Waals surface area contributed by atoms with Crippen LogP contribution in [-0.4, -0.2) is 15.1 Å². The van der Waals surface area contributed by atoms with Crippen LogP contribution in [0, 0.1) is 10.1 Å². The van der Waals surface area contributed by atoms with Crippen molar-refractivity contribution in [3.8, 4) is 0 Å². The Balaban J connectivity index is 2.88. The Labute approximate surface area is 64.7 Å². The van der Waals surface area contributed by atoms with Crippen LogP contribution in [0.4, 0.5) is 5.82 Å². The van der Waals surface area contributed by atoms with Gasteiger partial charge in [0.25, 0.3) is 0 Å². The van der Waals surface area contributed by atoms with E-state index in [0.29, 0.717) is 11.0 Å². The summed E-state index contributed by atoms with van der Waals surface area (Å²) in [6.07, 6.45) is 0. The van der Waals surface area contributed by atoms with Crippen molar-refractivity contribution in [3.63, 3.8) is 0 Å². The summed E-state index contributed by atoms with van der Waals surface area (Å²) in [5.41, 5.74) is 0.631. The van der Waals surface area contributed by atoms with Crippen LogP contribution in [-0.2, 0) is 5.33 Å². The number of nitro groups is 1. The molecule has 0 atom stereocenters. The minimum Gasteiger partial charge on any atom is -0.358 e. The van der Waals surface area contributed by atoms with Gasteiger partial charge in [0, 0.05) is 5.33 Å². The van der Waals surface area contributed by atoms with Crippen molar-refractivity contribution in [3.05, 3.63) is 21.9 Å². The molecule has 0 saturated heterocycles. The summed E-state index contributed by atoms with van der Waals surface area (Å²) in [5.74, 6) is -0.0746. The van der Waals surface area contributed by atoms with Crippen LogP contribution in [0.2, 0.25) is 0 Å². The molecule has 54 valence electrons. The normalized spacial score (nSPS) is 9.70. The summed E-state index contributed by atoms with van der Waals surface area (Å²) in [5, 5.41) is 16.5. The molecule has 5 nitrogen and oxygen atoms in total. The molecule has 0 aromatic carbocycles. The van der Waals surface area contributed by atoms with Gasteiger partial charge in [-0.3, -0.25) is 0 Å². The van der Waals surface area contributed by atoms with Crippen molar-refractivity contribution in [2.75, 3.05) is 0 Å². The summed E-state index contributed by atoms with van der Waals surface area (Å²) in [6, 6.07) is 1.38. The number of nitrogens with one attached hydrogen (secondary N) is 1. The summed E-state index contributed by atoms with van der Waals surface area (Å²) in [6.45, 7) is 0. The van der Waals surface area contributed by atoms with Crippen LogP contribution in [0.1, 0.15) is 5.69 Å². The molecule has 0 radical (unpaired) electrons. The summed E-state index contributed by atoms with van der Waals surface area (Å²) < 4.78 is 0. The molecule has 0 aliphatic rings. The summed E-state index contributed by atoms with van der Waals surface area (Å²) >= 11 is 3.11. The van der Waals surface area contributed by atoms with Crippen molar-refractivity contribution in [1.29, 1.82) is 0 Å². The number of hydrogen-bond acceptors (Lipinski definition) is 3.